The summed E-state index contributed by atoms with van der Waals surface area (Å²) in [5.74, 6) is -1.68. The highest BCUT2D eigenvalue weighted by atomic mass is 35.5. The fourth-order valence-corrected chi connectivity index (χ4v) is 1.13. The number of hydrogen-bond acceptors (Lipinski definition) is 2. The van der Waals surface area contributed by atoms with E-state index in [1.54, 1.807) is 0 Å². The largest absolute Gasteiger partial charge is 0.573 e. The van der Waals surface area contributed by atoms with Crippen molar-refractivity contribution in [1.29, 1.82) is 0 Å². The van der Waals surface area contributed by atoms with Gasteiger partial charge in [-0.1, -0.05) is 0 Å². The van der Waals surface area contributed by atoms with E-state index >= 15 is 0 Å². The molecule has 0 fully saturated rings. The van der Waals surface area contributed by atoms with E-state index in [2.05, 4.69) is 4.74 Å². The van der Waals surface area contributed by atoms with Crippen LogP contribution in [0.15, 0.2) is 12.1 Å². The Balaban J connectivity index is 3.08. The van der Waals surface area contributed by atoms with E-state index in [9.17, 15) is 17.6 Å². The fraction of sp³-hybridized carbons (Fsp3) is 0.250. The summed E-state index contributed by atoms with van der Waals surface area (Å²) in [6, 6.07) is 1.56. The van der Waals surface area contributed by atoms with Crippen LogP contribution in [0.3, 0.4) is 0 Å². The number of anilines is 1. The van der Waals surface area contributed by atoms with Gasteiger partial charge in [0.15, 0.2) is 5.75 Å². The molecular weight excluding hydrogens is 238 g/mol. The van der Waals surface area contributed by atoms with Crippen LogP contribution in [0.4, 0.5) is 23.2 Å². The van der Waals surface area contributed by atoms with Gasteiger partial charge in [0, 0.05) is 11.6 Å². The average molecular weight is 244 g/mol. The molecule has 84 valence electrons. The Morgan fingerprint density at radius 2 is 1.93 bits per heavy atom. The van der Waals surface area contributed by atoms with E-state index in [1.165, 1.54) is 0 Å². The summed E-state index contributed by atoms with van der Waals surface area (Å²) in [5.41, 5.74) is 4.61. The summed E-state index contributed by atoms with van der Waals surface area (Å²) in [6.07, 6.45) is -4.87. The normalized spacial score (nSPS) is 11.5. The number of rotatable bonds is 2. The van der Waals surface area contributed by atoms with Crippen LogP contribution in [0.1, 0.15) is 5.56 Å². The Kier molecular flexibility index (Phi) is 3.28. The first-order chi connectivity index (χ1) is 6.83. The summed E-state index contributed by atoms with van der Waals surface area (Å²) in [5, 5.41) is 0. The van der Waals surface area contributed by atoms with Gasteiger partial charge in [0.2, 0.25) is 0 Å². The van der Waals surface area contributed by atoms with Gasteiger partial charge in [-0.15, -0.1) is 24.8 Å². The molecule has 0 heterocycles. The molecule has 0 aliphatic heterocycles. The molecule has 0 amide bonds. The highest BCUT2D eigenvalue weighted by molar-refractivity contribution is 6.17. The lowest BCUT2D eigenvalue weighted by molar-refractivity contribution is -0.274. The summed E-state index contributed by atoms with van der Waals surface area (Å²) in [6.45, 7) is 0. The molecule has 2 N–H and O–H groups in total. The molecule has 0 saturated carbocycles. The van der Waals surface area contributed by atoms with Gasteiger partial charge >= 0.3 is 6.36 Å². The number of nitrogens with two attached hydrogens (primary N) is 1. The second kappa shape index (κ2) is 4.14. The molecule has 0 bridgehead atoms. The van der Waals surface area contributed by atoms with Gasteiger partial charge in [-0.2, -0.15) is 0 Å². The quantitative estimate of drug-likeness (QED) is 0.492. The highest BCUT2D eigenvalue weighted by Crippen LogP contribution is 2.31. The van der Waals surface area contributed by atoms with Gasteiger partial charge in [0.05, 0.1) is 11.6 Å². The topological polar surface area (TPSA) is 35.2 Å². The zero-order valence-corrected chi connectivity index (χ0v) is 7.99. The Labute approximate surface area is 87.6 Å². The maximum Gasteiger partial charge on any atom is 0.573 e. The molecule has 0 saturated heterocycles. The van der Waals surface area contributed by atoms with Gasteiger partial charge in [0.1, 0.15) is 5.82 Å². The van der Waals surface area contributed by atoms with Crippen LogP contribution < -0.4 is 10.5 Å². The van der Waals surface area contributed by atoms with Crippen LogP contribution in [0.2, 0.25) is 0 Å². The first kappa shape index (κ1) is 11.9. The Bertz CT molecular complexity index is 366. The van der Waals surface area contributed by atoms with Crippen LogP contribution >= 0.6 is 11.6 Å². The molecule has 15 heavy (non-hydrogen) atoms. The summed E-state index contributed by atoms with van der Waals surface area (Å²) >= 11 is 5.31. The van der Waals surface area contributed by atoms with E-state index < -0.39 is 23.6 Å². The van der Waals surface area contributed by atoms with E-state index in [-0.39, 0.29) is 11.4 Å². The van der Waals surface area contributed by atoms with Crippen molar-refractivity contribution in [3.05, 3.63) is 23.5 Å². The van der Waals surface area contributed by atoms with Crippen molar-refractivity contribution in [1.82, 2.24) is 0 Å². The minimum atomic E-state index is -4.87. The predicted octanol–water partition coefficient (Wildman–Crippen LogP) is 3.05. The molecule has 0 unspecified atom stereocenters. The molecule has 0 aromatic heterocycles. The van der Waals surface area contributed by atoms with Crippen LogP contribution in [-0.2, 0) is 5.88 Å². The SMILES string of the molecule is Nc1cc(F)c(CCl)cc1OC(F)(F)F. The molecule has 0 aliphatic carbocycles. The van der Waals surface area contributed by atoms with Crippen molar-refractivity contribution >= 4 is 17.3 Å². The number of ether oxygens (including phenoxy) is 1. The van der Waals surface area contributed by atoms with Gasteiger partial charge < -0.3 is 10.5 Å². The Morgan fingerprint density at radius 1 is 1.33 bits per heavy atom. The molecule has 1 rings (SSSR count). The maximum absolute atomic E-state index is 13.0. The summed E-state index contributed by atoms with van der Waals surface area (Å²) in [4.78, 5) is 0. The van der Waals surface area contributed by atoms with Gasteiger partial charge in [-0.3, -0.25) is 0 Å². The molecule has 0 spiro atoms. The van der Waals surface area contributed by atoms with Crippen LogP contribution in [0.25, 0.3) is 0 Å². The molecule has 1 aromatic carbocycles. The lowest BCUT2D eigenvalue weighted by Crippen LogP contribution is -2.18. The minimum absolute atomic E-state index is 0.106. The third-order valence-corrected chi connectivity index (χ3v) is 1.84. The van der Waals surface area contributed by atoms with Crippen molar-refractivity contribution < 1.29 is 22.3 Å². The summed E-state index contributed by atoms with van der Waals surface area (Å²) < 4.78 is 52.1. The van der Waals surface area contributed by atoms with Crippen molar-refractivity contribution in [3.8, 4) is 5.75 Å². The lowest BCUT2D eigenvalue weighted by atomic mass is 10.2. The molecular formula is C8H6ClF4NO. The Hall–Kier alpha value is -1.17. The predicted molar refractivity (Wildman–Crippen MR) is 47.1 cm³/mol. The summed E-state index contributed by atoms with van der Waals surface area (Å²) in [7, 11) is 0. The molecule has 0 atom stereocenters. The van der Waals surface area contributed by atoms with E-state index in [0.717, 1.165) is 12.1 Å². The lowest BCUT2D eigenvalue weighted by Gasteiger charge is -2.12. The first-order valence-corrected chi connectivity index (χ1v) is 4.26. The van der Waals surface area contributed by atoms with Crippen molar-refractivity contribution in [3.63, 3.8) is 0 Å². The zero-order chi connectivity index (χ0) is 11.6. The molecule has 0 radical (unpaired) electrons. The van der Waals surface area contributed by atoms with E-state index in [1.807, 2.05) is 0 Å². The van der Waals surface area contributed by atoms with Crippen molar-refractivity contribution in [2.75, 3.05) is 5.73 Å². The zero-order valence-electron chi connectivity index (χ0n) is 7.24. The molecule has 0 aliphatic rings. The molecule has 2 nitrogen and oxygen atoms in total. The average Bonchev–Trinajstić information content (AvgIpc) is 2.07. The second-order valence-electron chi connectivity index (χ2n) is 2.66. The van der Waals surface area contributed by atoms with E-state index in [0.29, 0.717) is 0 Å². The Morgan fingerprint density at radius 3 is 2.40 bits per heavy atom. The van der Waals surface area contributed by atoms with Crippen LogP contribution in [0, 0.1) is 5.82 Å². The smallest absolute Gasteiger partial charge is 0.404 e. The fourth-order valence-electron chi connectivity index (χ4n) is 0.926. The van der Waals surface area contributed by atoms with Gasteiger partial charge in [-0.25, -0.2) is 4.39 Å². The molecule has 7 heteroatoms. The number of alkyl halides is 4. The standard InChI is InChI=1S/C8H6ClF4NO/c9-3-4-1-7(15-8(11,12)13)6(14)2-5(4)10/h1-2H,3,14H2. The highest BCUT2D eigenvalue weighted by Gasteiger charge is 2.32. The number of hydrogen-bond donors (Lipinski definition) is 1. The van der Waals surface area contributed by atoms with Crippen molar-refractivity contribution in [2.45, 2.75) is 12.2 Å². The first-order valence-electron chi connectivity index (χ1n) is 3.73. The maximum atomic E-state index is 13.0. The van der Waals surface area contributed by atoms with Crippen LogP contribution in [0.5, 0.6) is 5.75 Å². The van der Waals surface area contributed by atoms with Gasteiger partial charge in [-0.05, 0) is 6.07 Å². The van der Waals surface area contributed by atoms with Crippen molar-refractivity contribution in [2.24, 2.45) is 0 Å². The minimum Gasteiger partial charge on any atom is -0.404 e. The van der Waals surface area contributed by atoms with Gasteiger partial charge in [0.25, 0.3) is 0 Å². The third kappa shape index (κ3) is 3.16. The molecule has 1 aromatic rings. The third-order valence-electron chi connectivity index (χ3n) is 1.55. The number of nitrogen functional groups attached to an aromatic ring is 1. The van der Waals surface area contributed by atoms with Crippen LogP contribution in [-0.4, -0.2) is 6.36 Å². The second-order valence-corrected chi connectivity index (χ2v) is 2.93. The monoisotopic (exact) mass is 243 g/mol. The number of halogens is 5. The van der Waals surface area contributed by atoms with E-state index in [4.69, 9.17) is 17.3 Å². The number of benzene rings is 1.